The Morgan fingerprint density at radius 2 is 2.00 bits per heavy atom. The standard InChI is InChI=1S/C12H13N3O/c1-13-11-14-10(15-16-11)12(7-8-12)9-5-3-2-4-6-9/h2-6H,7-8H2,1H3,(H,13,14,15). The number of nitrogens with zero attached hydrogens (tertiary/aromatic N) is 2. The van der Waals surface area contributed by atoms with Crippen LogP contribution in [0.15, 0.2) is 34.9 Å². The summed E-state index contributed by atoms with van der Waals surface area (Å²) in [6.07, 6.45) is 2.19. The molecule has 1 aromatic carbocycles. The van der Waals surface area contributed by atoms with E-state index in [2.05, 4.69) is 39.7 Å². The molecule has 3 rings (SSSR count). The fourth-order valence-corrected chi connectivity index (χ4v) is 2.04. The van der Waals surface area contributed by atoms with Gasteiger partial charge in [0.25, 0.3) is 0 Å². The van der Waals surface area contributed by atoms with E-state index in [0.717, 1.165) is 18.7 Å². The van der Waals surface area contributed by atoms with Gasteiger partial charge in [0.15, 0.2) is 5.82 Å². The van der Waals surface area contributed by atoms with Crippen LogP contribution in [0.25, 0.3) is 0 Å². The van der Waals surface area contributed by atoms with Crippen LogP contribution in [0.2, 0.25) is 0 Å². The topological polar surface area (TPSA) is 51.0 Å². The lowest BCUT2D eigenvalue weighted by Gasteiger charge is -2.09. The van der Waals surface area contributed by atoms with Gasteiger partial charge in [-0.05, 0) is 18.4 Å². The van der Waals surface area contributed by atoms with E-state index in [1.165, 1.54) is 5.56 Å². The van der Waals surface area contributed by atoms with Crippen molar-refractivity contribution in [3.05, 3.63) is 41.7 Å². The molecule has 0 radical (unpaired) electrons. The second-order valence-corrected chi connectivity index (χ2v) is 4.12. The van der Waals surface area contributed by atoms with Gasteiger partial charge in [-0.1, -0.05) is 35.5 Å². The average molecular weight is 215 g/mol. The van der Waals surface area contributed by atoms with Crippen molar-refractivity contribution < 1.29 is 4.52 Å². The maximum Gasteiger partial charge on any atom is 0.321 e. The molecule has 1 heterocycles. The Morgan fingerprint density at radius 1 is 1.25 bits per heavy atom. The van der Waals surface area contributed by atoms with Gasteiger partial charge in [-0.2, -0.15) is 4.98 Å². The minimum Gasteiger partial charge on any atom is -0.341 e. The maximum absolute atomic E-state index is 5.09. The number of hydrogen-bond donors (Lipinski definition) is 1. The fraction of sp³-hybridized carbons (Fsp3) is 0.333. The van der Waals surface area contributed by atoms with E-state index in [1.54, 1.807) is 7.05 Å². The summed E-state index contributed by atoms with van der Waals surface area (Å²) >= 11 is 0. The van der Waals surface area contributed by atoms with Crippen molar-refractivity contribution in [2.24, 2.45) is 0 Å². The molecule has 1 aliphatic carbocycles. The quantitative estimate of drug-likeness (QED) is 0.852. The third-order valence-corrected chi connectivity index (χ3v) is 3.14. The summed E-state index contributed by atoms with van der Waals surface area (Å²) in [5, 5.41) is 6.91. The molecule has 0 saturated heterocycles. The van der Waals surface area contributed by atoms with Gasteiger partial charge < -0.3 is 9.84 Å². The molecule has 82 valence electrons. The monoisotopic (exact) mass is 215 g/mol. The highest BCUT2D eigenvalue weighted by Gasteiger charge is 2.49. The molecule has 0 bridgehead atoms. The highest BCUT2D eigenvalue weighted by molar-refractivity contribution is 5.39. The molecule has 0 spiro atoms. The highest BCUT2D eigenvalue weighted by atomic mass is 16.5. The van der Waals surface area contributed by atoms with Gasteiger partial charge in [0, 0.05) is 7.05 Å². The van der Waals surface area contributed by atoms with Crippen LogP contribution in [0.3, 0.4) is 0 Å². The van der Waals surface area contributed by atoms with E-state index in [1.807, 2.05) is 6.07 Å². The molecule has 1 saturated carbocycles. The van der Waals surface area contributed by atoms with Crippen LogP contribution < -0.4 is 5.32 Å². The second kappa shape index (κ2) is 3.33. The first kappa shape index (κ1) is 9.39. The summed E-state index contributed by atoms with van der Waals surface area (Å²) in [6, 6.07) is 10.9. The first-order valence-corrected chi connectivity index (χ1v) is 5.43. The number of anilines is 1. The van der Waals surface area contributed by atoms with Crippen LogP contribution in [-0.4, -0.2) is 17.2 Å². The number of nitrogens with one attached hydrogen (secondary N) is 1. The summed E-state index contributed by atoms with van der Waals surface area (Å²) in [6.45, 7) is 0. The van der Waals surface area contributed by atoms with Gasteiger partial charge in [-0.15, -0.1) is 0 Å². The van der Waals surface area contributed by atoms with Crippen LogP contribution in [0.4, 0.5) is 6.01 Å². The minimum absolute atomic E-state index is 0.000139. The normalized spacial score (nSPS) is 17.1. The SMILES string of the molecule is CNc1nc(C2(c3ccccc3)CC2)no1. The molecule has 4 nitrogen and oxygen atoms in total. The van der Waals surface area contributed by atoms with E-state index < -0.39 is 0 Å². The van der Waals surface area contributed by atoms with Gasteiger partial charge >= 0.3 is 6.01 Å². The Kier molecular flexibility index (Phi) is 1.96. The zero-order chi connectivity index (χ0) is 11.0. The van der Waals surface area contributed by atoms with E-state index in [9.17, 15) is 0 Å². The Labute approximate surface area is 93.7 Å². The third kappa shape index (κ3) is 1.30. The predicted octanol–water partition coefficient (Wildman–Crippen LogP) is 2.19. The zero-order valence-electron chi connectivity index (χ0n) is 9.10. The molecule has 0 unspecified atom stereocenters. The van der Waals surface area contributed by atoms with E-state index in [4.69, 9.17) is 4.52 Å². The van der Waals surface area contributed by atoms with Crippen molar-refractivity contribution in [2.45, 2.75) is 18.3 Å². The van der Waals surface area contributed by atoms with Crippen molar-refractivity contribution in [1.82, 2.24) is 10.1 Å². The largest absolute Gasteiger partial charge is 0.341 e. The van der Waals surface area contributed by atoms with Gasteiger partial charge in [0.2, 0.25) is 0 Å². The molecular weight excluding hydrogens is 202 g/mol. The average Bonchev–Trinajstić information content (AvgIpc) is 3.02. The molecule has 4 heteroatoms. The molecule has 16 heavy (non-hydrogen) atoms. The fourth-order valence-electron chi connectivity index (χ4n) is 2.04. The molecule has 1 fully saturated rings. The summed E-state index contributed by atoms with van der Waals surface area (Å²) in [4.78, 5) is 4.35. The smallest absolute Gasteiger partial charge is 0.321 e. The number of aromatic nitrogens is 2. The van der Waals surface area contributed by atoms with Crippen LogP contribution in [0.5, 0.6) is 0 Å². The van der Waals surface area contributed by atoms with Crippen molar-refractivity contribution >= 4 is 6.01 Å². The van der Waals surface area contributed by atoms with Crippen molar-refractivity contribution in [2.75, 3.05) is 12.4 Å². The van der Waals surface area contributed by atoms with Crippen LogP contribution in [0.1, 0.15) is 24.2 Å². The number of rotatable bonds is 3. The van der Waals surface area contributed by atoms with Crippen molar-refractivity contribution in [1.29, 1.82) is 0 Å². The van der Waals surface area contributed by atoms with Gasteiger partial charge in [-0.3, -0.25) is 0 Å². The van der Waals surface area contributed by atoms with Crippen molar-refractivity contribution in [3.8, 4) is 0 Å². The summed E-state index contributed by atoms with van der Waals surface area (Å²) in [7, 11) is 1.78. The van der Waals surface area contributed by atoms with Gasteiger partial charge in [-0.25, -0.2) is 0 Å². The molecule has 1 N–H and O–H groups in total. The number of benzene rings is 1. The first-order chi connectivity index (χ1) is 7.85. The minimum atomic E-state index is -0.000139. The highest BCUT2D eigenvalue weighted by Crippen LogP contribution is 2.52. The summed E-state index contributed by atoms with van der Waals surface area (Å²) in [5.41, 5.74) is 1.28. The number of hydrogen-bond acceptors (Lipinski definition) is 4. The Hall–Kier alpha value is -1.84. The lowest BCUT2D eigenvalue weighted by molar-refractivity contribution is 0.419. The molecule has 0 amide bonds. The van der Waals surface area contributed by atoms with Crippen LogP contribution in [0, 0.1) is 0 Å². The second-order valence-electron chi connectivity index (χ2n) is 4.12. The summed E-state index contributed by atoms with van der Waals surface area (Å²) < 4.78 is 5.09. The predicted molar refractivity (Wildman–Crippen MR) is 60.3 cm³/mol. The Balaban J connectivity index is 2.00. The van der Waals surface area contributed by atoms with E-state index in [-0.39, 0.29) is 5.41 Å². The molecular formula is C12H13N3O. The van der Waals surface area contributed by atoms with Crippen LogP contribution in [-0.2, 0) is 5.41 Å². The lowest BCUT2D eigenvalue weighted by atomic mass is 9.95. The zero-order valence-corrected chi connectivity index (χ0v) is 9.10. The van der Waals surface area contributed by atoms with Gasteiger partial charge in [0.1, 0.15) is 0 Å². The van der Waals surface area contributed by atoms with Gasteiger partial charge in [0.05, 0.1) is 5.41 Å². The molecule has 1 aliphatic rings. The van der Waals surface area contributed by atoms with E-state index in [0.29, 0.717) is 6.01 Å². The van der Waals surface area contributed by atoms with Crippen LogP contribution >= 0.6 is 0 Å². The first-order valence-electron chi connectivity index (χ1n) is 5.43. The Morgan fingerprint density at radius 3 is 2.56 bits per heavy atom. The van der Waals surface area contributed by atoms with E-state index >= 15 is 0 Å². The van der Waals surface area contributed by atoms with Crippen molar-refractivity contribution in [3.63, 3.8) is 0 Å². The molecule has 1 aromatic heterocycles. The molecule has 2 aromatic rings. The maximum atomic E-state index is 5.09. The lowest BCUT2D eigenvalue weighted by Crippen LogP contribution is -2.10. The molecule has 0 atom stereocenters. The third-order valence-electron chi connectivity index (χ3n) is 3.14. The Bertz CT molecular complexity index is 488. The molecule has 0 aliphatic heterocycles. The summed E-state index contributed by atoms with van der Waals surface area (Å²) in [5.74, 6) is 0.794.